The van der Waals surface area contributed by atoms with E-state index in [2.05, 4.69) is 77.9 Å². The molecule has 0 amide bonds. The lowest BCUT2D eigenvalue weighted by Crippen LogP contribution is -2.23. The Morgan fingerprint density at radius 3 is 1.44 bits per heavy atom. The number of ether oxygens (including phenoxy) is 2. The second-order valence-corrected chi connectivity index (χ2v) is 11.7. The summed E-state index contributed by atoms with van der Waals surface area (Å²) in [5, 5.41) is 0. The van der Waals surface area contributed by atoms with Gasteiger partial charge in [-0.05, 0) is 33.4 Å². The summed E-state index contributed by atoms with van der Waals surface area (Å²) in [7, 11) is 0. The number of rotatable bonds is 1. The predicted molar refractivity (Wildman–Crippen MR) is 128 cm³/mol. The number of fused-ring (bicyclic) bond motifs is 6. The molecule has 4 atom stereocenters. The average Bonchev–Trinajstić information content (AvgIpc) is 3.43. The summed E-state index contributed by atoms with van der Waals surface area (Å²) < 4.78 is 12.7. The van der Waals surface area contributed by atoms with Gasteiger partial charge in [0.2, 0.25) is 0 Å². The molecule has 0 saturated carbocycles. The quantitative estimate of drug-likeness (QED) is 0.540. The van der Waals surface area contributed by atoms with E-state index >= 15 is 0 Å². The van der Waals surface area contributed by atoms with Crippen LogP contribution in [0.15, 0.2) is 46.4 Å². The van der Waals surface area contributed by atoms with E-state index in [0.717, 1.165) is 24.6 Å². The number of hydrogen-bond acceptors (Lipinski definition) is 4. The molecule has 0 saturated heterocycles. The predicted octanol–water partition coefficient (Wildman–Crippen LogP) is 6.23. The van der Waals surface area contributed by atoms with Gasteiger partial charge in [-0.2, -0.15) is 0 Å². The highest BCUT2D eigenvalue weighted by Crippen LogP contribution is 2.51. The van der Waals surface area contributed by atoms with Gasteiger partial charge in [-0.1, -0.05) is 77.9 Å². The highest BCUT2D eigenvalue weighted by atomic mass is 16.5. The third kappa shape index (κ3) is 2.88. The molecule has 6 rings (SSSR count). The highest BCUT2D eigenvalue weighted by Gasteiger charge is 2.46. The lowest BCUT2D eigenvalue weighted by molar-refractivity contribution is 0.185. The second kappa shape index (κ2) is 6.46. The fourth-order valence-corrected chi connectivity index (χ4v) is 5.63. The number of aliphatic imine (C=N–C) groups is 2. The van der Waals surface area contributed by atoms with Gasteiger partial charge >= 0.3 is 0 Å². The molecule has 2 aliphatic carbocycles. The monoisotopic (exact) mass is 428 g/mol. The van der Waals surface area contributed by atoms with Gasteiger partial charge in [0.05, 0.1) is 0 Å². The van der Waals surface area contributed by atoms with Crippen LogP contribution in [0.4, 0.5) is 0 Å². The van der Waals surface area contributed by atoms with Crippen LogP contribution in [0.1, 0.15) is 75.9 Å². The maximum absolute atomic E-state index is 6.34. The molecular formula is C28H32N2O2. The molecule has 2 aromatic rings. The highest BCUT2D eigenvalue weighted by molar-refractivity contribution is 5.86. The van der Waals surface area contributed by atoms with Crippen molar-refractivity contribution in [2.24, 2.45) is 20.8 Å². The molecule has 0 N–H and O–H groups in total. The molecule has 0 unspecified atom stereocenters. The SMILES string of the molecule is CC(C)(C)C1=N[C@H]2c3c(cccc3-c3cccc4c3[C@@H]3N=C(C(C)(C)C)O[C@@H]3C4)C[C@H]2O1. The van der Waals surface area contributed by atoms with E-state index in [1.54, 1.807) is 0 Å². The Kier molecular flexibility index (Phi) is 4.04. The van der Waals surface area contributed by atoms with Crippen LogP contribution in [0.5, 0.6) is 0 Å². The summed E-state index contributed by atoms with van der Waals surface area (Å²) in [5.74, 6) is 1.77. The van der Waals surface area contributed by atoms with Crippen molar-refractivity contribution in [2.45, 2.75) is 78.7 Å². The van der Waals surface area contributed by atoms with Gasteiger partial charge in [0, 0.05) is 23.7 Å². The van der Waals surface area contributed by atoms with Crippen molar-refractivity contribution in [1.29, 1.82) is 0 Å². The number of nitrogens with zero attached hydrogens (tertiary/aromatic N) is 2. The van der Waals surface area contributed by atoms with Crippen LogP contribution in [0.2, 0.25) is 0 Å². The van der Waals surface area contributed by atoms with Crippen LogP contribution in [0.25, 0.3) is 11.1 Å². The van der Waals surface area contributed by atoms with Gasteiger partial charge in [0.15, 0.2) is 11.8 Å². The van der Waals surface area contributed by atoms with Crippen molar-refractivity contribution in [3.8, 4) is 11.1 Å². The summed E-state index contributed by atoms with van der Waals surface area (Å²) in [6.45, 7) is 13.1. The first-order chi connectivity index (χ1) is 15.1. The second-order valence-electron chi connectivity index (χ2n) is 11.7. The van der Waals surface area contributed by atoms with E-state index in [1.165, 1.54) is 33.4 Å². The normalized spacial score (nSPS) is 27.7. The molecule has 2 heterocycles. The lowest BCUT2D eigenvalue weighted by atomic mass is 9.89. The van der Waals surface area contributed by atoms with Crippen molar-refractivity contribution >= 4 is 11.8 Å². The zero-order valence-electron chi connectivity index (χ0n) is 19.9. The van der Waals surface area contributed by atoms with E-state index in [-0.39, 0.29) is 35.1 Å². The summed E-state index contributed by atoms with van der Waals surface area (Å²) in [4.78, 5) is 10.2. The van der Waals surface area contributed by atoms with Crippen molar-refractivity contribution in [1.82, 2.24) is 0 Å². The first kappa shape index (κ1) is 20.0. The number of hydrogen-bond donors (Lipinski definition) is 0. The minimum absolute atomic E-state index is 0.0695. The van der Waals surface area contributed by atoms with E-state index in [1.807, 2.05) is 0 Å². The molecule has 0 bridgehead atoms. The molecule has 0 aromatic heterocycles. The molecule has 0 radical (unpaired) electrons. The molecule has 2 aliphatic heterocycles. The Bertz CT molecular complexity index is 1090. The maximum atomic E-state index is 6.34. The lowest BCUT2D eigenvalue weighted by Gasteiger charge is -2.19. The van der Waals surface area contributed by atoms with Crippen molar-refractivity contribution in [3.63, 3.8) is 0 Å². The molecule has 4 aliphatic rings. The van der Waals surface area contributed by atoms with Gasteiger partial charge in [-0.25, -0.2) is 9.98 Å². The fourth-order valence-electron chi connectivity index (χ4n) is 5.63. The Balaban J connectivity index is 1.48. The van der Waals surface area contributed by atoms with E-state index in [0.29, 0.717) is 0 Å². The van der Waals surface area contributed by atoms with Gasteiger partial charge in [0.1, 0.15) is 24.3 Å². The standard InChI is InChI=1S/C28H32N2O2/c1-27(2,3)25-29-23-19(31-25)13-15-9-7-11-17(21(15)23)18-12-8-10-16-14-20-24(22(16)18)30-26(32-20)28(4,5)6/h7-12,19-20,23-24H,13-14H2,1-6H3/t19-,20-,23-,24-/m1/s1. The minimum Gasteiger partial charge on any atom is -0.474 e. The van der Waals surface area contributed by atoms with Gasteiger partial charge in [-0.15, -0.1) is 0 Å². The van der Waals surface area contributed by atoms with E-state index in [9.17, 15) is 0 Å². The summed E-state index contributed by atoms with van der Waals surface area (Å²) in [6.07, 6.45) is 2.08. The Labute approximate surface area is 190 Å². The third-order valence-electron chi connectivity index (χ3n) is 7.14. The first-order valence-electron chi connectivity index (χ1n) is 11.8. The smallest absolute Gasteiger partial charge is 0.189 e. The summed E-state index contributed by atoms with van der Waals surface area (Å²) in [6, 6.07) is 13.5. The Hall–Kier alpha value is -2.62. The summed E-state index contributed by atoms with van der Waals surface area (Å²) in [5.41, 5.74) is 7.84. The number of benzene rings is 2. The molecule has 4 nitrogen and oxygen atoms in total. The van der Waals surface area contributed by atoms with Crippen molar-refractivity contribution in [2.75, 3.05) is 0 Å². The minimum atomic E-state index is -0.0695. The molecule has 0 fully saturated rings. The van der Waals surface area contributed by atoms with Crippen LogP contribution >= 0.6 is 0 Å². The summed E-state index contributed by atoms with van der Waals surface area (Å²) >= 11 is 0. The largest absolute Gasteiger partial charge is 0.474 e. The fraction of sp³-hybridized carbons (Fsp3) is 0.500. The van der Waals surface area contributed by atoms with E-state index in [4.69, 9.17) is 19.5 Å². The van der Waals surface area contributed by atoms with Gasteiger partial charge in [0.25, 0.3) is 0 Å². The molecule has 32 heavy (non-hydrogen) atoms. The Morgan fingerprint density at radius 1 is 0.656 bits per heavy atom. The van der Waals surface area contributed by atoms with Crippen molar-refractivity contribution < 1.29 is 9.47 Å². The third-order valence-corrected chi connectivity index (χ3v) is 7.14. The van der Waals surface area contributed by atoms with Crippen molar-refractivity contribution in [3.05, 3.63) is 58.7 Å². The zero-order valence-corrected chi connectivity index (χ0v) is 19.9. The maximum Gasteiger partial charge on any atom is 0.189 e. The first-order valence-corrected chi connectivity index (χ1v) is 11.8. The van der Waals surface area contributed by atoms with Crippen LogP contribution < -0.4 is 0 Å². The van der Waals surface area contributed by atoms with Crippen LogP contribution in [0, 0.1) is 10.8 Å². The van der Waals surface area contributed by atoms with E-state index < -0.39 is 0 Å². The van der Waals surface area contributed by atoms with Gasteiger partial charge in [-0.3, -0.25) is 0 Å². The molecule has 4 heteroatoms. The van der Waals surface area contributed by atoms with Crippen LogP contribution in [0.3, 0.4) is 0 Å². The topological polar surface area (TPSA) is 43.2 Å². The average molecular weight is 429 g/mol. The molecular weight excluding hydrogens is 396 g/mol. The molecule has 2 aromatic carbocycles. The van der Waals surface area contributed by atoms with Gasteiger partial charge < -0.3 is 9.47 Å². The Morgan fingerprint density at radius 2 is 1.06 bits per heavy atom. The van der Waals surface area contributed by atoms with Crippen LogP contribution in [-0.2, 0) is 22.3 Å². The molecule has 166 valence electrons. The zero-order chi connectivity index (χ0) is 22.4. The van der Waals surface area contributed by atoms with Crippen LogP contribution in [-0.4, -0.2) is 24.0 Å². The molecule has 0 spiro atoms.